The van der Waals surface area contributed by atoms with E-state index in [1.165, 1.54) is 12.3 Å². The summed E-state index contributed by atoms with van der Waals surface area (Å²) in [7, 11) is 0. The highest BCUT2D eigenvalue weighted by molar-refractivity contribution is 6.31. The number of amides is 1. The van der Waals surface area contributed by atoms with Gasteiger partial charge in [0.15, 0.2) is 6.61 Å². The van der Waals surface area contributed by atoms with Gasteiger partial charge in [-0.05, 0) is 36.8 Å². The van der Waals surface area contributed by atoms with Crippen LogP contribution >= 0.6 is 11.6 Å². The third-order valence-electron chi connectivity index (χ3n) is 2.51. The lowest BCUT2D eigenvalue weighted by Gasteiger charge is -2.07. The Labute approximate surface area is 120 Å². The second-order valence-corrected chi connectivity index (χ2v) is 4.47. The molecule has 1 aromatic heterocycles. The first-order valence-corrected chi connectivity index (χ1v) is 6.20. The van der Waals surface area contributed by atoms with Gasteiger partial charge in [-0.1, -0.05) is 17.7 Å². The summed E-state index contributed by atoms with van der Waals surface area (Å²) >= 11 is 5.94. The summed E-state index contributed by atoms with van der Waals surface area (Å²) in [6.07, 6.45) is 1.35. The first-order chi connectivity index (χ1) is 9.56. The van der Waals surface area contributed by atoms with Crippen molar-refractivity contribution in [3.8, 4) is 0 Å². The van der Waals surface area contributed by atoms with Gasteiger partial charge in [0.1, 0.15) is 0 Å². The van der Waals surface area contributed by atoms with Crippen LogP contribution in [0, 0.1) is 6.92 Å². The first kappa shape index (κ1) is 14.1. The molecule has 0 spiro atoms. The standard InChI is InChI=1S/C14H12ClNO4/c1-9-4-5-10(7-11(9)15)16-13(17)8-20-14(18)12-3-2-6-19-12/h2-7H,8H2,1H3,(H,16,17). The smallest absolute Gasteiger partial charge is 0.374 e. The molecule has 1 aromatic carbocycles. The molecule has 0 fully saturated rings. The van der Waals surface area contributed by atoms with Crippen LogP contribution in [0.3, 0.4) is 0 Å². The summed E-state index contributed by atoms with van der Waals surface area (Å²) < 4.78 is 9.65. The summed E-state index contributed by atoms with van der Waals surface area (Å²) in [4.78, 5) is 23.1. The molecule has 0 unspecified atom stereocenters. The Morgan fingerprint density at radius 1 is 1.35 bits per heavy atom. The topological polar surface area (TPSA) is 68.5 Å². The Balaban J connectivity index is 1.86. The minimum atomic E-state index is -0.688. The molecule has 0 saturated carbocycles. The molecule has 1 N–H and O–H groups in total. The van der Waals surface area contributed by atoms with Gasteiger partial charge >= 0.3 is 5.97 Å². The molecule has 1 heterocycles. The van der Waals surface area contributed by atoms with Crippen LogP contribution < -0.4 is 5.32 Å². The van der Waals surface area contributed by atoms with Gasteiger partial charge < -0.3 is 14.5 Å². The number of furan rings is 1. The molecule has 0 saturated heterocycles. The van der Waals surface area contributed by atoms with Crippen molar-refractivity contribution in [2.24, 2.45) is 0 Å². The molecule has 5 nitrogen and oxygen atoms in total. The maximum atomic E-state index is 11.6. The average molecular weight is 294 g/mol. The van der Waals surface area contributed by atoms with Crippen LogP contribution in [0.25, 0.3) is 0 Å². The maximum Gasteiger partial charge on any atom is 0.374 e. The molecule has 0 radical (unpaired) electrons. The molecule has 0 aliphatic heterocycles. The van der Waals surface area contributed by atoms with Crippen molar-refractivity contribution in [3.05, 3.63) is 52.9 Å². The summed E-state index contributed by atoms with van der Waals surface area (Å²) in [5, 5.41) is 3.13. The van der Waals surface area contributed by atoms with Crippen molar-refractivity contribution < 1.29 is 18.7 Å². The molecule has 0 atom stereocenters. The number of carbonyl (C=O) groups excluding carboxylic acids is 2. The number of carbonyl (C=O) groups is 2. The third-order valence-corrected chi connectivity index (χ3v) is 2.92. The second kappa shape index (κ2) is 6.25. The van der Waals surface area contributed by atoms with E-state index >= 15 is 0 Å². The highest BCUT2D eigenvalue weighted by Gasteiger charge is 2.12. The van der Waals surface area contributed by atoms with Crippen LogP contribution in [0.2, 0.25) is 5.02 Å². The van der Waals surface area contributed by atoms with E-state index in [9.17, 15) is 9.59 Å². The maximum absolute atomic E-state index is 11.6. The molecule has 1 amide bonds. The van der Waals surface area contributed by atoms with E-state index in [1.807, 2.05) is 6.92 Å². The zero-order valence-corrected chi connectivity index (χ0v) is 11.4. The highest BCUT2D eigenvalue weighted by Crippen LogP contribution is 2.19. The molecule has 6 heteroatoms. The van der Waals surface area contributed by atoms with Gasteiger partial charge in [0.05, 0.1) is 6.26 Å². The van der Waals surface area contributed by atoms with E-state index in [4.69, 9.17) is 20.8 Å². The van der Waals surface area contributed by atoms with Crippen molar-refractivity contribution >= 4 is 29.2 Å². The number of esters is 1. The van der Waals surface area contributed by atoms with Gasteiger partial charge in [-0.15, -0.1) is 0 Å². The van der Waals surface area contributed by atoms with Gasteiger partial charge in [-0.25, -0.2) is 4.79 Å². The van der Waals surface area contributed by atoms with E-state index in [2.05, 4.69) is 5.32 Å². The van der Waals surface area contributed by atoms with E-state index in [1.54, 1.807) is 24.3 Å². The number of aryl methyl sites for hydroxylation is 1. The fraction of sp³-hybridized carbons (Fsp3) is 0.143. The lowest BCUT2D eigenvalue weighted by molar-refractivity contribution is -0.119. The molecular formula is C14H12ClNO4. The summed E-state index contributed by atoms with van der Waals surface area (Å²) in [5.41, 5.74) is 1.45. The molecule has 2 aromatic rings. The lowest BCUT2D eigenvalue weighted by Crippen LogP contribution is -2.20. The largest absolute Gasteiger partial charge is 0.457 e. The normalized spacial score (nSPS) is 10.1. The highest BCUT2D eigenvalue weighted by atomic mass is 35.5. The van der Waals surface area contributed by atoms with Gasteiger partial charge in [0, 0.05) is 10.7 Å². The van der Waals surface area contributed by atoms with Crippen molar-refractivity contribution in [2.75, 3.05) is 11.9 Å². The average Bonchev–Trinajstić information content (AvgIpc) is 2.94. The third kappa shape index (κ3) is 3.61. The van der Waals surface area contributed by atoms with Crippen molar-refractivity contribution in [1.29, 1.82) is 0 Å². The number of nitrogens with one attached hydrogen (secondary N) is 1. The Bertz CT molecular complexity index is 622. The van der Waals surface area contributed by atoms with E-state index in [0.29, 0.717) is 10.7 Å². The van der Waals surface area contributed by atoms with Gasteiger partial charge in [-0.3, -0.25) is 4.79 Å². The lowest BCUT2D eigenvalue weighted by atomic mass is 10.2. The number of hydrogen-bond acceptors (Lipinski definition) is 4. The van der Waals surface area contributed by atoms with Crippen LogP contribution in [0.15, 0.2) is 41.0 Å². The molecule has 0 aliphatic rings. The van der Waals surface area contributed by atoms with Crippen LogP contribution in [0.5, 0.6) is 0 Å². The number of halogens is 1. The quantitative estimate of drug-likeness (QED) is 0.880. The van der Waals surface area contributed by atoms with Crippen LogP contribution in [-0.2, 0) is 9.53 Å². The summed E-state index contributed by atoms with van der Waals surface area (Å²) in [5.74, 6) is -1.09. The minimum Gasteiger partial charge on any atom is -0.457 e. The summed E-state index contributed by atoms with van der Waals surface area (Å²) in [6, 6.07) is 8.15. The molecule has 2 rings (SSSR count). The van der Waals surface area contributed by atoms with Gasteiger partial charge in [0.2, 0.25) is 5.76 Å². The van der Waals surface area contributed by atoms with Gasteiger partial charge in [0.25, 0.3) is 5.91 Å². The number of rotatable bonds is 4. The number of anilines is 1. The van der Waals surface area contributed by atoms with Crippen LogP contribution in [-0.4, -0.2) is 18.5 Å². The van der Waals surface area contributed by atoms with Crippen molar-refractivity contribution in [3.63, 3.8) is 0 Å². The molecule has 20 heavy (non-hydrogen) atoms. The van der Waals surface area contributed by atoms with Crippen LogP contribution in [0.1, 0.15) is 16.1 Å². The molecule has 104 valence electrons. The van der Waals surface area contributed by atoms with E-state index in [0.717, 1.165) is 5.56 Å². The Morgan fingerprint density at radius 2 is 2.15 bits per heavy atom. The first-order valence-electron chi connectivity index (χ1n) is 5.83. The molecule has 0 aliphatic carbocycles. The monoisotopic (exact) mass is 293 g/mol. The zero-order valence-electron chi connectivity index (χ0n) is 10.7. The Kier molecular flexibility index (Phi) is 4.42. The Hall–Kier alpha value is -2.27. The van der Waals surface area contributed by atoms with Crippen molar-refractivity contribution in [2.45, 2.75) is 6.92 Å². The predicted octanol–water partition coefficient (Wildman–Crippen LogP) is 3.04. The Morgan fingerprint density at radius 3 is 2.80 bits per heavy atom. The minimum absolute atomic E-state index is 0.0520. The number of benzene rings is 1. The number of hydrogen-bond donors (Lipinski definition) is 1. The van der Waals surface area contributed by atoms with Crippen molar-refractivity contribution in [1.82, 2.24) is 0 Å². The van der Waals surface area contributed by atoms with Gasteiger partial charge in [-0.2, -0.15) is 0 Å². The zero-order chi connectivity index (χ0) is 14.5. The summed E-state index contributed by atoms with van der Waals surface area (Å²) in [6.45, 7) is 1.46. The van der Waals surface area contributed by atoms with Crippen LogP contribution in [0.4, 0.5) is 5.69 Å². The SMILES string of the molecule is Cc1ccc(NC(=O)COC(=O)c2ccco2)cc1Cl. The fourth-order valence-electron chi connectivity index (χ4n) is 1.46. The molecule has 0 bridgehead atoms. The fourth-order valence-corrected chi connectivity index (χ4v) is 1.65. The van der Waals surface area contributed by atoms with E-state index < -0.39 is 18.5 Å². The predicted molar refractivity (Wildman–Crippen MR) is 73.8 cm³/mol. The number of ether oxygens (including phenoxy) is 1. The molecular weight excluding hydrogens is 282 g/mol. The second-order valence-electron chi connectivity index (χ2n) is 4.07. The van der Waals surface area contributed by atoms with E-state index in [-0.39, 0.29) is 5.76 Å².